The highest BCUT2D eigenvalue weighted by atomic mass is 32.2. The molecule has 4 N–H and O–H groups in total. The molecular formula is C26H26N4O4S. The van der Waals surface area contributed by atoms with Gasteiger partial charge in [0, 0.05) is 34.9 Å². The number of nitrogens with zero attached hydrogens (tertiary/aromatic N) is 1. The number of aliphatic imine (C=N–C) groups is 1. The van der Waals surface area contributed by atoms with Crippen molar-refractivity contribution < 1.29 is 18.9 Å². The van der Waals surface area contributed by atoms with Crippen molar-refractivity contribution in [2.75, 3.05) is 23.7 Å². The van der Waals surface area contributed by atoms with E-state index in [1.54, 1.807) is 66.7 Å². The predicted molar refractivity (Wildman–Crippen MR) is 137 cm³/mol. The smallest absolute Gasteiger partial charge is 0.304 e. The summed E-state index contributed by atoms with van der Waals surface area (Å²) in [5.74, 6) is -0.668. The summed E-state index contributed by atoms with van der Waals surface area (Å²) in [4.78, 5) is 29.2. The summed E-state index contributed by atoms with van der Waals surface area (Å²) in [6, 6.07) is 22.7. The third-order valence-corrected chi connectivity index (χ3v) is 7.07. The van der Waals surface area contributed by atoms with Crippen LogP contribution in [0.4, 0.5) is 11.4 Å². The van der Waals surface area contributed by atoms with E-state index in [2.05, 4.69) is 20.9 Å². The molecule has 35 heavy (non-hydrogen) atoms. The van der Waals surface area contributed by atoms with E-state index >= 15 is 0 Å². The molecule has 2 atom stereocenters. The van der Waals surface area contributed by atoms with Crippen LogP contribution in [0.25, 0.3) is 0 Å². The molecular weight excluding hydrogens is 464 g/mol. The van der Waals surface area contributed by atoms with Gasteiger partial charge in [-0.25, -0.2) is 0 Å². The van der Waals surface area contributed by atoms with Crippen molar-refractivity contribution in [3.63, 3.8) is 0 Å². The van der Waals surface area contributed by atoms with E-state index in [4.69, 9.17) is 0 Å². The van der Waals surface area contributed by atoms with E-state index in [0.717, 1.165) is 25.2 Å². The van der Waals surface area contributed by atoms with Gasteiger partial charge in [0.05, 0.1) is 22.5 Å². The fraction of sp³-hybridized carbons (Fsp3) is 0.192. The van der Waals surface area contributed by atoms with Gasteiger partial charge in [0.15, 0.2) is 5.96 Å². The van der Waals surface area contributed by atoms with Gasteiger partial charge in [0.2, 0.25) is 0 Å². The first-order chi connectivity index (χ1) is 17.0. The normalized spacial score (nSPS) is 14.7. The van der Waals surface area contributed by atoms with E-state index in [1.807, 2.05) is 12.1 Å². The number of carboxylic acids is 1. The first kappa shape index (κ1) is 24.2. The van der Waals surface area contributed by atoms with Gasteiger partial charge in [-0.05, 0) is 48.4 Å². The maximum atomic E-state index is 13.3. The van der Waals surface area contributed by atoms with Crippen LogP contribution in [0.3, 0.4) is 0 Å². The minimum Gasteiger partial charge on any atom is -0.481 e. The third-order valence-electron chi connectivity index (χ3n) is 5.40. The number of benzene rings is 3. The third kappa shape index (κ3) is 6.54. The number of nitrogens with one attached hydrogen (secondary N) is 3. The Hall–Kier alpha value is -3.98. The Morgan fingerprint density at radius 2 is 1.77 bits per heavy atom. The van der Waals surface area contributed by atoms with Crippen LogP contribution in [0.5, 0.6) is 0 Å². The quantitative estimate of drug-likeness (QED) is 0.379. The van der Waals surface area contributed by atoms with Crippen molar-refractivity contribution in [3.05, 3.63) is 90.0 Å². The number of rotatable bonds is 8. The van der Waals surface area contributed by atoms with Gasteiger partial charge in [0.1, 0.15) is 0 Å². The summed E-state index contributed by atoms with van der Waals surface area (Å²) in [5, 5.41) is 17.8. The Morgan fingerprint density at radius 1 is 1.00 bits per heavy atom. The molecule has 1 aliphatic heterocycles. The molecule has 3 aromatic rings. The van der Waals surface area contributed by atoms with Gasteiger partial charge >= 0.3 is 5.97 Å². The van der Waals surface area contributed by atoms with E-state index in [-0.39, 0.29) is 12.3 Å². The predicted octanol–water partition coefficient (Wildman–Crippen LogP) is 4.02. The number of carbonyl (C=O) groups excluding carboxylic acids is 1. The molecule has 1 aliphatic rings. The summed E-state index contributed by atoms with van der Waals surface area (Å²) in [5.41, 5.74) is 2.34. The van der Waals surface area contributed by atoms with E-state index in [0.29, 0.717) is 27.7 Å². The molecule has 8 nitrogen and oxygen atoms in total. The van der Waals surface area contributed by atoms with E-state index in [1.165, 1.54) is 0 Å². The largest absolute Gasteiger partial charge is 0.481 e. The van der Waals surface area contributed by atoms with Crippen LogP contribution >= 0.6 is 0 Å². The van der Waals surface area contributed by atoms with Crippen LogP contribution in [0.15, 0.2) is 88.8 Å². The summed E-state index contributed by atoms with van der Waals surface area (Å²) < 4.78 is 13.3. The van der Waals surface area contributed by atoms with E-state index in [9.17, 15) is 18.9 Å². The average Bonchev–Trinajstić information content (AvgIpc) is 2.88. The van der Waals surface area contributed by atoms with Crippen molar-refractivity contribution in [2.24, 2.45) is 4.99 Å². The molecule has 0 saturated carbocycles. The second-order valence-electron chi connectivity index (χ2n) is 7.99. The maximum Gasteiger partial charge on any atom is 0.304 e. The molecule has 0 aromatic heterocycles. The highest BCUT2D eigenvalue weighted by Crippen LogP contribution is 2.29. The number of carboxylic acid groups (broad SMARTS) is 1. The molecule has 1 amide bonds. The summed E-state index contributed by atoms with van der Waals surface area (Å²) >= 11 is 0. The standard InChI is InChI=1S/C26H26N4O4S/c31-24(32)17-23(18-7-2-1-3-8-18)35(34)22-12-5-11-21(16-22)29-25(33)19-9-4-10-20(15-19)30-26-27-13-6-14-28-26/h1-5,7-12,15-16,23H,6,13-14,17H2,(H,29,33)(H,31,32)(H2,27,28,30). The molecule has 2 unspecified atom stereocenters. The maximum absolute atomic E-state index is 13.3. The molecule has 1 heterocycles. The number of aliphatic carboxylic acids is 1. The van der Waals surface area contributed by atoms with Crippen molar-refractivity contribution in [3.8, 4) is 0 Å². The number of amides is 1. The lowest BCUT2D eigenvalue weighted by Crippen LogP contribution is -2.35. The Bertz CT molecular complexity index is 1260. The monoisotopic (exact) mass is 490 g/mol. The van der Waals surface area contributed by atoms with Gasteiger partial charge < -0.3 is 21.1 Å². The zero-order valence-electron chi connectivity index (χ0n) is 18.9. The molecule has 180 valence electrons. The fourth-order valence-corrected chi connectivity index (χ4v) is 5.18. The van der Waals surface area contributed by atoms with Crippen molar-refractivity contribution in [1.82, 2.24) is 5.32 Å². The van der Waals surface area contributed by atoms with E-state index < -0.39 is 22.0 Å². The lowest BCUT2D eigenvalue weighted by molar-refractivity contribution is -0.137. The highest BCUT2D eigenvalue weighted by molar-refractivity contribution is 7.85. The minimum absolute atomic E-state index is 0.271. The van der Waals surface area contributed by atoms with Crippen LogP contribution in [0.1, 0.15) is 34.0 Å². The van der Waals surface area contributed by atoms with Gasteiger partial charge in [-0.2, -0.15) is 0 Å². The van der Waals surface area contributed by atoms with Crippen LogP contribution in [-0.4, -0.2) is 40.2 Å². The van der Waals surface area contributed by atoms with Crippen LogP contribution in [0, 0.1) is 0 Å². The Balaban J connectivity index is 1.49. The van der Waals surface area contributed by atoms with Crippen molar-refractivity contribution in [1.29, 1.82) is 0 Å². The van der Waals surface area contributed by atoms with Crippen molar-refractivity contribution >= 4 is 40.0 Å². The molecule has 0 radical (unpaired) electrons. The number of hydrogen-bond acceptors (Lipinski definition) is 6. The zero-order chi connectivity index (χ0) is 24.6. The Labute approximate surface area is 205 Å². The topological polar surface area (TPSA) is 120 Å². The van der Waals surface area contributed by atoms with Gasteiger partial charge in [-0.1, -0.05) is 42.5 Å². The number of hydrogen-bond donors (Lipinski definition) is 4. The Kier molecular flexibility index (Phi) is 7.89. The summed E-state index contributed by atoms with van der Waals surface area (Å²) in [6.45, 7) is 1.60. The second-order valence-corrected chi connectivity index (χ2v) is 9.63. The number of carbonyl (C=O) groups is 2. The first-order valence-electron chi connectivity index (χ1n) is 11.2. The molecule has 0 spiro atoms. The molecule has 0 saturated heterocycles. The fourth-order valence-electron chi connectivity index (χ4n) is 3.70. The molecule has 0 fully saturated rings. The SMILES string of the molecule is O=C(O)CC(c1ccccc1)S(=O)c1cccc(NC(=O)c2cccc(NC3=NCCCN3)c2)c1. The minimum atomic E-state index is -1.63. The lowest BCUT2D eigenvalue weighted by atomic mass is 10.1. The molecule has 0 bridgehead atoms. The van der Waals surface area contributed by atoms with Crippen LogP contribution in [-0.2, 0) is 15.6 Å². The summed E-state index contributed by atoms with van der Waals surface area (Å²) in [6.07, 6.45) is 0.715. The van der Waals surface area contributed by atoms with Gasteiger partial charge in [-0.15, -0.1) is 0 Å². The van der Waals surface area contributed by atoms with Gasteiger partial charge in [-0.3, -0.25) is 18.8 Å². The Morgan fingerprint density at radius 3 is 2.51 bits per heavy atom. The van der Waals surface area contributed by atoms with Crippen LogP contribution in [0.2, 0.25) is 0 Å². The summed E-state index contributed by atoms with van der Waals surface area (Å²) in [7, 11) is -1.63. The van der Waals surface area contributed by atoms with Crippen LogP contribution < -0.4 is 16.0 Å². The zero-order valence-corrected chi connectivity index (χ0v) is 19.8. The average molecular weight is 491 g/mol. The molecule has 9 heteroatoms. The highest BCUT2D eigenvalue weighted by Gasteiger charge is 2.24. The molecule has 3 aromatic carbocycles. The second kappa shape index (κ2) is 11.4. The molecule has 0 aliphatic carbocycles. The molecule has 4 rings (SSSR count). The lowest BCUT2D eigenvalue weighted by Gasteiger charge is -2.17. The number of guanidine groups is 1. The first-order valence-corrected chi connectivity index (χ1v) is 12.4. The van der Waals surface area contributed by atoms with Crippen molar-refractivity contribution in [2.45, 2.75) is 23.0 Å². The number of anilines is 2. The van der Waals surface area contributed by atoms with Gasteiger partial charge in [0.25, 0.3) is 5.91 Å².